The molecule has 1 fully saturated rings. The van der Waals surface area contributed by atoms with Crippen LogP contribution in [-0.4, -0.2) is 12.6 Å². The van der Waals surface area contributed by atoms with E-state index in [1.807, 2.05) is 0 Å². The van der Waals surface area contributed by atoms with E-state index in [1.54, 1.807) is 0 Å². The molecule has 1 aliphatic rings. The van der Waals surface area contributed by atoms with Gasteiger partial charge in [0.25, 0.3) is 0 Å². The van der Waals surface area contributed by atoms with Crippen molar-refractivity contribution in [2.75, 3.05) is 6.54 Å². The lowest BCUT2D eigenvalue weighted by atomic mass is 9.77. The zero-order chi connectivity index (χ0) is 10.4. The van der Waals surface area contributed by atoms with Gasteiger partial charge in [0, 0.05) is 6.04 Å². The summed E-state index contributed by atoms with van der Waals surface area (Å²) in [6.45, 7) is 8.10. The summed E-state index contributed by atoms with van der Waals surface area (Å²) in [7, 11) is 0. The maximum atomic E-state index is 3.63. The summed E-state index contributed by atoms with van der Waals surface area (Å²) >= 11 is 0. The first kappa shape index (κ1) is 12.0. The molecule has 1 aliphatic carbocycles. The Hall–Kier alpha value is -0.0400. The topological polar surface area (TPSA) is 12.0 Å². The molecule has 0 aromatic heterocycles. The molecule has 1 saturated carbocycles. The van der Waals surface area contributed by atoms with E-state index in [1.165, 1.54) is 38.5 Å². The first-order valence-electron chi connectivity index (χ1n) is 6.53. The second-order valence-electron chi connectivity index (χ2n) is 4.83. The number of nitrogens with one attached hydrogen (secondary N) is 1. The van der Waals surface area contributed by atoms with Crippen molar-refractivity contribution in [1.82, 2.24) is 5.32 Å². The Bertz CT molecular complexity index is 133. The predicted octanol–water partition coefficient (Wildman–Crippen LogP) is 3.59. The summed E-state index contributed by atoms with van der Waals surface area (Å²) in [5, 5.41) is 3.63. The molecule has 0 bridgehead atoms. The minimum Gasteiger partial charge on any atom is -0.314 e. The Kier molecular flexibility index (Phi) is 5.54. The van der Waals surface area contributed by atoms with Crippen LogP contribution >= 0.6 is 0 Å². The minimum absolute atomic E-state index is 0.753. The van der Waals surface area contributed by atoms with E-state index in [-0.39, 0.29) is 0 Å². The largest absolute Gasteiger partial charge is 0.314 e. The van der Waals surface area contributed by atoms with Crippen molar-refractivity contribution in [2.45, 2.75) is 65.3 Å². The highest BCUT2D eigenvalue weighted by molar-refractivity contribution is 4.79. The van der Waals surface area contributed by atoms with Crippen molar-refractivity contribution in [3.05, 3.63) is 0 Å². The summed E-state index contributed by atoms with van der Waals surface area (Å²) in [6, 6.07) is 0.753. The van der Waals surface area contributed by atoms with Crippen LogP contribution in [-0.2, 0) is 0 Å². The van der Waals surface area contributed by atoms with Crippen LogP contribution in [0, 0.1) is 11.8 Å². The Balaban J connectivity index is 2.38. The third-order valence-electron chi connectivity index (χ3n) is 3.93. The van der Waals surface area contributed by atoms with Crippen LogP contribution in [0.2, 0.25) is 0 Å². The number of hydrogen-bond donors (Lipinski definition) is 1. The molecule has 0 heterocycles. The van der Waals surface area contributed by atoms with Gasteiger partial charge in [0.1, 0.15) is 0 Å². The fourth-order valence-electron chi connectivity index (χ4n) is 2.95. The van der Waals surface area contributed by atoms with Crippen molar-refractivity contribution < 1.29 is 0 Å². The molecule has 0 saturated heterocycles. The maximum Gasteiger partial charge on any atom is 0.00925 e. The van der Waals surface area contributed by atoms with E-state index in [9.17, 15) is 0 Å². The van der Waals surface area contributed by atoms with Crippen molar-refractivity contribution >= 4 is 0 Å². The molecule has 14 heavy (non-hydrogen) atoms. The quantitative estimate of drug-likeness (QED) is 0.710. The SMILES string of the molecule is CCNC(CC)C(C)C1CCCCC1. The van der Waals surface area contributed by atoms with Crippen LogP contribution in [0.25, 0.3) is 0 Å². The molecule has 1 nitrogen and oxygen atoms in total. The average Bonchev–Trinajstić information content (AvgIpc) is 2.26. The van der Waals surface area contributed by atoms with Crippen LogP contribution < -0.4 is 5.32 Å². The molecule has 0 aliphatic heterocycles. The average molecular weight is 197 g/mol. The van der Waals surface area contributed by atoms with Gasteiger partial charge in [-0.3, -0.25) is 0 Å². The Labute approximate surface area is 89.7 Å². The third-order valence-corrected chi connectivity index (χ3v) is 3.93. The van der Waals surface area contributed by atoms with Crippen LogP contribution in [0.4, 0.5) is 0 Å². The molecule has 1 rings (SSSR count). The summed E-state index contributed by atoms with van der Waals surface area (Å²) < 4.78 is 0. The van der Waals surface area contributed by atoms with E-state index in [0.717, 1.165) is 24.4 Å². The molecular formula is C13H27N. The Morgan fingerprint density at radius 3 is 2.29 bits per heavy atom. The molecule has 2 unspecified atom stereocenters. The first-order chi connectivity index (χ1) is 6.79. The maximum absolute atomic E-state index is 3.63. The zero-order valence-corrected chi connectivity index (χ0v) is 10.2. The van der Waals surface area contributed by atoms with E-state index in [2.05, 4.69) is 26.1 Å². The monoisotopic (exact) mass is 197 g/mol. The van der Waals surface area contributed by atoms with Gasteiger partial charge in [0.05, 0.1) is 0 Å². The summed E-state index contributed by atoms with van der Waals surface area (Å²) in [6.07, 6.45) is 8.65. The molecule has 84 valence electrons. The fraction of sp³-hybridized carbons (Fsp3) is 1.00. The van der Waals surface area contributed by atoms with Gasteiger partial charge >= 0.3 is 0 Å². The second-order valence-corrected chi connectivity index (χ2v) is 4.83. The highest BCUT2D eigenvalue weighted by Crippen LogP contribution is 2.32. The smallest absolute Gasteiger partial charge is 0.00925 e. The molecule has 0 radical (unpaired) electrons. The molecule has 0 amide bonds. The van der Waals surface area contributed by atoms with E-state index >= 15 is 0 Å². The van der Waals surface area contributed by atoms with Crippen LogP contribution in [0.3, 0.4) is 0 Å². The molecule has 0 spiro atoms. The van der Waals surface area contributed by atoms with Gasteiger partial charge in [-0.15, -0.1) is 0 Å². The third kappa shape index (κ3) is 3.27. The van der Waals surface area contributed by atoms with E-state index < -0.39 is 0 Å². The van der Waals surface area contributed by atoms with Crippen LogP contribution in [0.15, 0.2) is 0 Å². The van der Waals surface area contributed by atoms with Gasteiger partial charge in [-0.1, -0.05) is 52.9 Å². The molecule has 1 N–H and O–H groups in total. The lowest BCUT2D eigenvalue weighted by Gasteiger charge is -2.33. The zero-order valence-electron chi connectivity index (χ0n) is 10.2. The summed E-state index contributed by atoms with van der Waals surface area (Å²) in [4.78, 5) is 0. The van der Waals surface area contributed by atoms with E-state index in [4.69, 9.17) is 0 Å². The standard InChI is InChI=1S/C13H27N/c1-4-13(14-5-2)11(3)12-9-7-6-8-10-12/h11-14H,4-10H2,1-3H3. The first-order valence-corrected chi connectivity index (χ1v) is 6.53. The van der Waals surface area contributed by atoms with Gasteiger partial charge in [-0.2, -0.15) is 0 Å². The molecule has 2 atom stereocenters. The number of hydrogen-bond acceptors (Lipinski definition) is 1. The Morgan fingerprint density at radius 1 is 1.14 bits per heavy atom. The van der Waals surface area contributed by atoms with Gasteiger partial charge in [-0.25, -0.2) is 0 Å². The molecule has 0 aromatic rings. The predicted molar refractivity (Wildman–Crippen MR) is 63.5 cm³/mol. The van der Waals surface area contributed by atoms with Crippen molar-refractivity contribution in [3.63, 3.8) is 0 Å². The highest BCUT2D eigenvalue weighted by atomic mass is 14.9. The lowest BCUT2D eigenvalue weighted by Crippen LogP contribution is -2.38. The number of rotatable bonds is 5. The van der Waals surface area contributed by atoms with Crippen molar-refractivity contribution in [3.8, 4) is 0 Å². The van der Waals surface area contributed by atoms with Crippen molar-refractivity contribution in [2.24, 2.45) is 11.8 Å². The molecule has 0 aromatic carbocycles. The van der Waals surface area contributed by atoms with Crippen LogP contribution in [0.5, 0.6) is 0 Å². The van der Waals surface area contributed by atoms with Crippen LogP contribution in [0.1, 0.15) is 59.3 Å². The summed E-state index contributed by atoms with van der Waals surface area (Å²) in [5.41, 5.74) is 0. The van der Waals surface area contributed by atoms with E-state index in [0.29, 0.717) is 0 Å². The normalized spacial score (nSPS) is 23.4. The van der Waals surface area contributed by atoms with Gasteiger partial charge < -0.3 is 5.32 Å². The molecular weight excluding hydrogens is 170 g/mol. The highest BCUT2D eigenvalue weighted by Gasteiger charge is 2.25. The Morgan fingerprint density at radius 2 is 1.79 bits per heavy atom. The minimum atomic E-state index is 0.753. The molecule has 1 heteroatoms. The summed E-state index contributed by atoms with van der Waals surface area (Å²) in [5.74, 6) is 1.87. The van der Waals surface area contributed by atoms with Crippen molar-refractivity contribution in [1.29, 1.82) is 0 Å². The van der Waals surface area contributed by atoms with Gasteiger partial charge in [-0.05, 0) is 24.8 Å². The van der Waals surface area contributed by atoms with Gasteiger partial charge in [0.2, 0.25) is 0 Å². The van der Waals surface area contributed by atoms with Gasteiger partial charge in [0.15, 0.2) is 0 Å². The lowest BCUT2D eigenvalue weighted by molar-refractivity contribution is 0.209. The second kappa shape index (κ2) is 6.44. The fourth-order valence-corrected chi connectivity index (χ4v) is 2.95.